The minimum atomic E-state index is -0.590. The lowest BCUT2D eigenvalue weighted by atomic mass is 9.81. The average Bonchev–Trinajstić information content (AvgIpc) is 3.33. The number of hydrogen-bond donors (Lipinski definition) is 0. The van der Waals surface area contributed by atoms with Crippen molar-refractivity contribution in [3.8, 4) is 5.75 Å². The second-order valence-electron chi connectivity index (χ2n) is 9.26. The van der Waals surface area contributed by atoms with E-state index in [-0.39, 0.29) is 42.5 Å². The van der Waals surface area contributed by atoms with E-state index in [1.54, 1.807) is 54.3 Å². The lowest BCUT2D eigenvalue weighted by Gasteiger charge is -2.19. The van der Waals surface area contributed by atoms with Crippen molar-refractivity contribution in [2.45, 2.75) is 39.0 Å². The maximum atomic E-state index is 12.9. The number of rotatable bonds is 4. The molecule has 0 aromatic heterocycles. The van der Waals surface area contributed by atoms with Gasteiger partial charge in [-0.05, 0) is 67.8 Å². The summed E-state index contributed by atoms with van der Waals surface area (Å²) in [7, 11) is 0. The third kappa shape index (κ3) is 3.98. The van der Waals surface area contributed by atoms with Gasteiger partial charge in [0.05, 0.1) is 23.4 Å². The molecule has 0 spiro atoms. The van der Waals surface area contributed by atoms with Crippen molar-refractivity contribution < 1.29 is 23.9 Å². The predicted octanol–water partition coefficient (Wildman–Crippen LogP) is 4.29. The van der Waals surface area contributed by atoms with Crippen LogP contribution in [-0.2, 0) is 19.2 Å². The molecule has 3 fully saturated rings. The number of anilines is 2. The third-order valence-corrected chi connectivity index (χ3v) is 7.32. The Morgan fingerprint density at radius 2 is 1.62 bits per heavy atom. The number of benzene rings is 2. The van der Waals surface area contributed by atoms with Crippen LogP contribution in [0.25, 0.3) is 0 Å². The molecule has 3 amide bonds. The summed E-state index contributed by atoms with van der Waals surface area (Å²) in [6.45, 7) is 2.02. The first-order valence-corrected chi connectivity index (χ1v) is 12.0. The quantitative estimate of drug-likeness (QED) is 0.370. The Balaban J connectivity index is 1.28. The van der Waals surface area contributed by atoms with E-state index in [4.69, 9.17) is 16.3 Å². The van der Waals surface area contributed by atoms with Gasteiger partial charge < -0.3 is 9.64 Å². The van der Waals surface area contributed by atoms with Crippen LogP contribution in [0.4, 0.5) is 11.4 Å². The maximum Gasteiger partial charge on any atom is 0.316 e. The molecule has 0 bridgehead atoms. The number of amides is 3. The molecule has 2 saturated heterocycles. The number of halogens is 1. The molecule has 176 valence electrons. The highest BCUT2D eigenvalue weighted by molar-refractivity contribution is 6.30. The fourth-order valence-electron chi connectivity index (χ4n) is 5.28. The van der Waals surface area contributed by atoms with Crippen molar-refractivity contribution in [1.29, 1.82) is 0 Å². The largest absolute Gasteiger partial charge is 0.426 e. The molecule has 2 heterocycles. The number of fused-ring (bicyclic) bond motifs is 1. The monoisotopic (exact) mass is 480 g/mol. The summed E-state index contributed by atoms with van der Waals surface area (Å²) in [5, 5.41) is 0.571. The van der Waals surface area contributed by atoms with Crippen molar-refractivity contribution in [2.75, 3.05) is 16.3 Å². The third-order valence-electron chi connectivity index (χ3n) is 7.07. The lowest BCUT2D eigenvalue weighted by Crippen LogP contribution is -2.31. The van der Waals surface area contributed by atoms with Crippen LogP contribution in [0.15, 0.2) is 42.5 Å². The Kier molecular flexibility index (Phi) is 5.90. The molecule has 0 unspecified atom stereocenters. The number of aryl methyl sites for hydroxylation is 1. The Morgan fingerprint density at radius 1 is 0.971 bits per heavy atom. The van der Waals surface area contributed by atoms with Crippen LogP contribution in [0.2, 0.25) is 5.02 Å². The first-order chi connectivity index (χ1) is 16.3. The van der Waals surface area contributed by atoms with Gasteiger partial charge in [-0.25, -0.2) is 4.90 Å². The van der Waals surface area contributed by atoms with E-state index in [0.29, 0.717) is 27.7 Å². The Hall–Kier alpha value is -3.19. The fraction of sp³-hybridized carbons (Fsp3) is 0.385. The first kappa shape index (κ1) is 22.6. The molecule has 8 heteroatoms. The molecule has 1 saturated carbocycles. The second kappa shape index (κ2) is 8.87. The van der Waals surface area contributed by atoms with Crippen LogP contribution in [-0.4, -0.2) is 30.2 Å². The van der Waals surface area contributed by atoms with Crippen molar-refractivity contribution in [3.63, 3.8) is 0 Å². The molecule has 3 atom stereocenters. The van der Waals surface area contributed by atoms with E-state index in [9.17, 15) is 19.2 Å². The van der Waals surface area contributed by atoms with Gasteiger partial charge in [-0.2, -0.15) is 0 Å². The first-order valence-electron chi connectivity index (χ1n) is 11.6. The number of hydrogen-bond acceptors (Lipinski definition) is 5. The van der Waals surface area contributed by atoms with E-state index >= 15 is 0 Å². The highest BCUT2D eigenvalue weighted by atomic mass is 35.5. The number of carbonyl (C=O) groups is 4. The van der Waals surface area contributed by atoms with E-state index in [2.05, 4.69) is 0 Å². The molecule has 7 nitrogen and oxygen atoms in total. The van der Waals surface area contributed by atoms with Gasteiger partial charge in [0.15, 0.2) is 0 Å². The summed E-state index contributed by atoms with van der Waals surface area (Å²) in [6, 6.07) is 11.8. The van der Waals surface area contributed by atoms with Gasteiger partial charge in [-0.3, -0.25) is 19.2 Å². The van der Waals surface area contributed by atoms with Crippen LogP contribution < -0.4 is 14.5 Å². The Labute approximate surface area is 202 Å². The summed E-state index contributed by atoms with van der Waals surface area (Å²) in [6.07, 6.45) is 3.53. The van der Waals surface area contributed by atoms with Crippen LogP contribution in [0.5, 0.6) is 5.75 Å². The second-order valence-corrected chi connectivity index (χ2v) is 9.70. The molecule has 0 radical (unpaired) electrons. The molecule has 2 aromatic rings. The minimum Gasteiger partial charge on any atom is -0.426 e. The molecule has 2 aliphatic heterocycles. The van der Waals surface area contributed by atoms with Crippen molar-refractivity contribution in [2.24, 2.45) is 17.8 Å². The zero-order chi connectivity index (χ0) is 24.0. The zero-order valence-corrected chi connectivity index (χ0v) is 19.6. The minimum absolute atomic E-state index is 0.0675. The van der Waals surface area contributed by atoms with Gasteiger partial charge in [0.2, 0.25) is 17.7 Å². The summed E-state index contributed by atoms with van der Waals surface area (Å²) in [4.78, 5) is 53.9. The standard InChI is InChI=1S/C26H25ClN2O5/c1-15-12-19(10-11-22(15)29-24(31)20-4-2-3-5-21(20)25(29)32)34-26(33)16-13-23(30)28(14-16)18-8-6-17(27)7-9-18/h6-12,16,20-21H,2-5,13-14H2,1H3/t16-,20-,21+/m0/s1. The lowest BCUT2D eigenvalue weighted by molar-refractivity contribution is -0.139. The SMILES string of the molecule is Cc1cc(OC(=O)[C@H]2CC(=O)N(c3ccc(Cl)cc3)C2)ccc1N1C(=O)[C@H]2CCCC[C@H]2C1=O. The van der Waals surface area contributed by atoms with Gasteiger partial charge >= 0.3 is 5.97 Å². The molecule has 2 aromatic carbocycles. The highest BCUT2D eigenvalue weighted by Gasteiger charge is 2.49. The smallest absolute Gasteiger partial charge is 0.316 e. The molecule has 0 N–H and O–H groups in total. The topological polar surface area (TPSA) is 84.0 Å². The van der Waals surface area contributed by atoms with Crippen LogP contribution in [0.1, 0.15) is 37.7 Å². The predicted molar refractivity (Wildman–Crippen MR) is 127 cm³/mol. The molecule has 5 rings (SSSR count). The van der Waals surface area contributed by atoms with Crippen molar-refractivity contribution in [3.05, 3.63) is 53.1 Å². The van der Waals surface area contributed by atoms with Crippen molar-refractivity contribution >= 4 is 46.7 Å². The molecule has 1 aliphatic carbocycles. The van der Waals surface area contributed by atoms with Gasteiger partial charge in [0.25, 0.3) is 0 Å². The highest BCUT2D eigenvalue weighted by Crippen LogP contribution is 2.41. The number of imide groups is 1. The summed E-state index contributed by atoms with van der Waals surface area (Å²) < 4.78 is 5.57. The van der Waals surface area contributed by atoms with Gasteiger partial charge in [-0.1, -0.05) is 24.4 Å². The van der Waals surface area contributed by atoms with Gasteiger partial charge in [0, 0.05) is 23.7 Å². The molecule has 34 heavy (non-hydrogen) atoms. The summed E-state index contributed by atoms with van der Waals surface area (Å²) in [5.74, 6) is -1.61. The van der Waals surface area contributed by atoms with E-state index in [0.717, 1.165) is 25.7 Å². The van der Waals surface area contributed by atoms with Crippen LogP contribution in [0.3, 0.4) is 0 Å². The summed E-state index contributed by atoms with van der Waals surface area (Å²) >= 11 is 5.92. The van der Waals surface area contributed by atoms with Gasteiger partial charge in [-0.15, -0.1) is 0 Å². The Bertz CT molecular complexity index is 1150. The van der Waals surface area contributed by atoms with E-state index < -0.39 is 11.9 Å². The van der Waals surface area contributed by atoms with Gasteiger partial charge in [0.1, 0.15) is 5.75 Å². The Morgan fingerprint density at radius 3 is 2.24 bits per heavy atom. The maximum absolute atomic E-state index is 12.9. The molecular weight excluding hydrogens is 456 g/mol. The average molecular weight is 481 g/mol. The number of carbonyl (C=O) groups excluding carboxylic acids is 4. The van der Waals surface area contributed by atoms with E-state index in [1.807, 2.05) is 0 Å². The molecular formula is C26H25ClN2O5. The zero-order valence-electron chi connectivity index (χ0n) is 18.8. The van der Waals surface area contributed by atoms with E-state index in [1.165, 1.54) is 4.90 Å². The number of esters is 1. The molecule has 3 aliphatic rings. The summed E-state index contributed by atoms with van der Waals surface area (Å²) in [5.41, 5.74) is 1.90. The number of nitrogens with zero attached hydrogens (tertiary/aromatic N) is 2. The van der Waals surface area contributed by atoms with Crippen molar-refractivity contribution in [1.82, 2.24) is 0 Å². The number of ether oxygens (including phenoxy) is 1. The normalized spacial score (nSPS) is 24.5. The fourth-order valence-corrected chi connectivity index (χ4v) is 5.40. The van der Waals surface area contributed by atoms with Crippen LogP contribution in [0, 0.1) is 24.7 Å². The van der Waals surface area contributed by atoms with Crippen LogP contribution >= 0.6 is 11.6 Å².